The van der Waals surface area contributed by atoms with Gasteiger partial charge in [-0.15, -0.1) is 0 Å². The minimum Gasteiger partial charge on any atom is -0.482 e. The standard InChI is InChI=1S/C16H13Cl2N3O2S/c1-8-5-9(2)19-15-14(8)24-16(21-15)20-13(22)7-23-12-4-3-10(17)6-11(12)18/h3-6H,7H2,1-2H3,(H,19,20,21,22). The van der Waals surface area contributed by atoms with Gasteiger partial charge in [0, 0.05) is 10.7 Å². The predicted molar refractivity (Wildman–Crippen MR) is 97.5 cm³/mol. The van der Waals surface area contributed by atoms with Crippen molar-refractivity contribution < 1.29 is 9.53 Å². The Bertz CT molecular complexity index is 927. The van der Waals surface area contributed by atoms with E-state index in [4.69, 9.17) is 27.9 Å². The Labute approximate surface area is 152 Å². The lowest BCUT2D eigenvalue weighted by molar-refractivity contribution is -0.118. The lowest BCUT2D eigenvalue weighted by Gasteiger charge is -2.07. The zero-order valence-electron chi connectivity index (χ0n) is 12.9. The van der Waals surface area contributed by atoms with Crippen LogP contribution in [0, 0.1) is 13.8 Å². The number of anilines is 1. The van der Waals surface area contributed by atoms with Crippen LogP contribution in [0.25, 0.3) is 10.3 Å². The van der Waals surface area contributed by atoms with Crippen molar-refractivity contribution >= 4 is 55.9 Å². The van der Waals surface area contributed by atoms with E-state index in [0.29, 0.717) is 26.6 Å². The molecule has 1 amide bonds. The summed E-state index contributed by atoms with van der Waals surface area (Å²) in [5.41, 5.74) is 2.61. The molecule has 1 aromatic carbocycles. The van der Waals surface area contributed by atoms with Crippen molar-refractivity contribution in [2.24, 2.45) is 0 Å². The number of benzene rings is 1. The Morgan fingerprint density at radius 1 is 1.25 bits per heavy atom. The highest BCUT2D eigenvalue weighted by Gasteiger charge is 2.12. The lowest BCUT2D eigenvalue weighted by atomic mass is 10.2. The third-order valence-electron chi connectivity index (χ3n) is 3.17. The Balaban J connectivity index is 1.67. The number of carbonyl (C=O) groups is 1. The SMILES string of the molecule is Cc1cc(C)c2sc(NC(=O)COc3ccc(Cl)cc3Cl)nc2n1. The Hall–Kier alpha value is -1.89. The molecule has 5 nitrogen and oxygen atoms in total. The minimum absolute atomic E-state index is 0.178. The van der Waals surface area contributed by atoms with Crippen molar-refractivity contribution in [3.8, 4) is 5.75 Å². The van der Waals surface area contributed by atoms with E-state index in [9.17, 15) is 4.79 Å². The Kier molecular flexibility index (Phi) is 4.89. The average Bonchev–Trinajstić information content (AvgIpc) is 2.89. The summed E-state index contributed by atoms with van der Waals surface area (Å²) in [5.74, 6) is 0.0723. The quantitative estimate of drug-likeness (QED) is 0.715. The fraction of sp³-hybridized carbons (Fsp3) is 0.188. The molecule has 0 bridgehead atoms. The van der Waals surface area contributed by atoms with Gasteiger partial charge in [0.2, 0.25) is 0 Å². The number of thiazole rings is 1. The summed E-state index contributed by atoms with van der Waals surface area (Å²) in [7, 11) is 0. The topological polar surface area (TPSA) is 64.1 Å². The summed E-state index contributed by atoms with van der Waals surface area (Å²) < 4.78 is 6.36. The maximum atomic E-state index is 12.0. The molecule has 0 saturated heterocycles. The van der Waals surface area contributed by atoms with E-state index in [1.54, 1.807) is 18.2 Å². The first kappa shape index (κ1) is 17.0. The molecule has 2 aromatic heterocycles. The molecular weight excluding hydrogens is 369 g/mol. The largest absolute Gasteiger partial charge is 0.482 e. The van der Waals surface area contributed by atoms with Gasteiger partial charge in [-0.05, 0) is 43.7 Å². The molecule has 0 unspecified atom stereocenters. The number of ether oxygens (including phenoxy) is 1. The van der Waals surface area contributed by atoms with Crippen LogP contribution in [0.3, 0.4) is 0 Å². The summed E-state index contributed by atoms with van der Waals surface area (Å²) in [6.45, 7) is 3.73. The number of halogens is 2. The number of hydrogen-bond acceptors (Lipinski definition) is 5. The summed E-state index contributed by atoms with van der Waals surface area (Å²) in [6.07, 6.45) is 0. The molecule has 0 aliphatic rings. The number of aromatic nitrogens is 2. The second kappa shape index (κ2) is 6.93. The van der Waals surface area contributed by atoms with E-state index in [-0.39, 0.29) is 12.5 Å². The summed E-state index contributed by atoms with van der Waals surface area (Å²) in [4.78, 5) is 20.7. The first-order chi connectivity index (χ1) is 11.4. The zero-order valence-corrected chi connectivity index (χ0v) is 15.2. The normalized spacial score (nSPS) is 10.8. The number of aryl methyl sites for hydroxylation is 2. The number of rotatable bonds is 4. The molecule has 1 N–H and O–H groups in total. The summed E-state index contributed by atoms with van der Waals surface area (Å²) in [6, 6.07) is 6.80. The molecular formula is C16H13Cl2N3O2S. The maximum absolute atomic E-state index is 12.0. The van der Waals surface area contributed by atoms with Crippen molar-refractivity contribution in [1.29, 1.82) is 0 Å². The highest BCUT2D eigenvalue weighted by atomic mass is 35.5. The predicted octanol–water partition coefficient (Wildman–Crippen LogP) is 4.63. The average molecular weight is 382 g/mol. The number of hydrogen-bond donors (Lipinski definition) is 1. The van der Waals surface area contributed by atoms with Crippen LogP contribution in [0.15, 0.2) is 24.3 Å². The molecule has 8 heteroatoms. The van der Waals surface area contributed by atoms with Gasteiger partial charge in [-0.1, -0.05) is 34.5 Å². The van der Waals surface area contributed by atoms with Gasteiger partial charge in [-0.2, -0.15) is 4.98 Å². The molecule has 3 rings (SSSR count). The smallest absolute Gasteiger partial charge is 0.264 e. The molecule has 0 saturated carbocycles. The van der Waals surface area contributed by atoms with E-state index in [0.717, 1.165) is 16.0 Å². The van der Waals surface area contributed by atoms with Crippen LogP contribution < -0.4 is 10.1 Å². The highest BCUT2D eigenvalue weighted by molar-refractivity contribution is 7.22. The second-order valence-corrected chi connectivity index (χ2v) is 7.01. The Morgan fingerprint density at radius 3 is 2.79 bits per heavy atom. The molecule has 0 spiro atoms. The van der Waals surface area contributed by atoms with E-state index < -0.39 is 0 Å². The summed E-state index contributed by atoms with van der Waals surface area (Å²) >= 11 is 13.2. The molecule has 124 valence electrons. The Morgan fingerprint density at radius 2 is 2.04 bits per heavy atom. The van der Waals surface area contributed by atoms with Gasteiger partial charge in [0.05, 0.1) is 9.72 Å². The summed E-state index contributed by atoms with van der Waals surface area (Å²) in [5, 5.41) is 4.06. The van der Waals surface area contributed by atoms with Crippen LogP contribution in [-0.4, -0.2) is 22.5 Å². The molecule has 0 fully saturated rings. The van der Waals surface area contributed by atoms with Gasteiger partial charge >= 0.3 is 0 Å². The monoisotopic (exact) mass is 381 g/mol. The second-order valence-electron chi connectivity index (χ2n) is 5.16. The van der Waals surface area contributed by atoms with Crippen LogP contribution in [-0.2, 0) is 4.79 Å². The fourth-order valence-electron chi connectivity index (χ4n) is 2.17. The zero-order chi connectivity index (χ0) is 17.3. The number of pyridine rings is 1. The van der Waals surface area contributed by atoms with Crippen LogP contribution in [0.1, 0.15) is 11.3 Å². The van der Waals surface area contributed by atoms with Crippen molar-refractivity contribution in [2.75, 3.05) is 11.9 Å². The van der Waals surface area contributed by atoms with Crippen LogP contribution in [0.4, 0.5) is 5.13 Å². The molecule has 0 radical (unpaired) electrons. The number of amides is 1. The van der Waals surface area contributed by atoms with E-state index in [2.05, 4.69) is 15.3 Å². The molecule has 0 aliphatic carbocycles. The van der Waals surface area contributed by atoms with E-state index in [1.165, 1.54) is 11.3 Å². The fourth-order valence-corrected chi connectivity index (χ4v) is 3.52. The van der Waals surface area contributed by atoms with E-state index >= 15 is 0 Å². The number of nitrogens with zero attached hydrogens (tertiary/aromatic N) is 2. The van der Waals surface area contributed by atoms with Crippen LogP contribution >= 0.6 is 34.5 Å². The first-order valence-electron chi connectivity index (χ1n) is 7.05. The molecule has 0 aliphatic heterocycles. The third kappa shape index (κ3) is 3.77. The molecule has 3 aromatic rings. The van der Waals surface area contributed by atoms with Gasteiger partial charge in [0.25, 0.3) is 5.91 Å². The van der Waals surface area contributed by atoms with E-state index in [1.807, 2.05) is 19.9 Å². The molecule has 0 atom stereocenters. The highest BCUT2D eigenvalue weighted by Crippen LogP contribution is 2.29. The van der Waals surface area contributed by atoms with Gasteiger partial charge < -0.3 is 4.74 Å². The van der Waals surface area contributed by atoms with Gasteiger partial charge in [-0.3, -0.25) is 10.1 Å². The van der Waals surface area contributed by atoms with Gasteiger partial charge in [0.15, 0.2) is 17.4 Å². The first-order valence-corrected chi connectivity index (χ1v) is 8.62. The van der Waals surface area contributed by atoms with Crippen LogP contribution in [0.2, 0.25) is 10.0 Å². The van der Waals surface area contributed by atoms with Crippen LogP contribution in [0.5, 0.6) is 5.75 Å². The third-order valence-corrected chi connectivity index (χ3v) is 4.80. The van der Waals surface area contributed by atoms with Gasteiger partial charge in [-0.25, -0.2) is 4.98 Å². The molecule has 24 heavy (non-hydrogen) atoms. The maximum Gasteiger partial charge on any atom is 0.264 e. The van der Waals surface area contributed by atoms with Crippen molar-refractivity contribution in [3.63, 3.8) is 0 Å². The van der Waals surface area contributed by atoms with Gasteiger partial charge in [0.1, 0.15) is 5.75 Å². The minimum atomic E-state index is -0.325. The lowest BCUT2D eigenvalue weighted by Crippen LogP contribution is -2.20. The number of nitrogens with one attached hydrogen (secondary N) is 1. The number of carbonyl (C=O) groups excluding carboxylic acids is 1. The van der Waals surface area contributed by atoms with Crippen molar-refractivity contribution in [3.05, 3.63) is 45.6 Å². The van der Waals surface area contributed by atoms with Crippen molar-refractivity contribution in [1.82, 2.24) is 9.97 Å². The molecule has 2 heterocycles. The van der Waals surface area contributed by atoms with Crippen molar-refractivity contribution in [2.45, 2.75) is 13.8 Å². The number of fused-ring (bicyclic) bond motifs is 1.